The molecule has 1 aliphatic carbocycles. The summed E-state index contributed by atoms with van der Waals surface area (Å²) in [7, 11) is 0. The second-order valence-electron chi connectivity index (χ2n) is 12.1. The molecule has 45 heavy (non-hydrogen) atoms. The number of allylic oxidation sites excluding steroid dienone is 1. The molecule has 0 unspecified atom stereocenters. The van der Waals surface area contributed by atoms with Gasteiger partial charge in [0, 0.05) is 55.3 Å². The molecule has 0 spiro atoms. The van der Waals surface area contributed by atoms with Crippen LogP contribution in [-0.4, -0.2) is 13.7 Å². The van der Waals surface area contributed by atoms with Gasteiger partial charge in [-0.3, -0.25) is 0 Å². The Labute approximate surface area is 260 Å². The van der Waals surface area contributed by atoms with Crippen molar-refractivity contribution in [1.82, 2.24) is 13.7 Å². The minimum Gasteiger partial charge on any atom is -0.313 e. The lowest BCUT2D eigenvalue weighted by molar-refractivity contribution is 0.889. The van der Waals surface area contributed by atoms with Crippen molar-refractivity contribution in [2.45, 2.75) is 12.8 Å². The van der Waals surface area contributed by atoms with E-state index < -0.39 is 0 Å². The van der Waals surface area contributed by atoms with Crippen LogP contribution in [0.25, 0.3) is 77.7 Å². The van der Waals surface area contributed by atoms with E-state index in [1.165, 1.54) is 82.8 Å². The van der Waals surface area contributed by atoms with Crippen LogP contribution in [0.3, 0.4) is 0 Å². The third-order valence-electron chi connectivity index (χ3n) is 9.69. The highest BCUT2D eigenvalue weighted by atomic mass is 15.0. The van der Waals surface area contributed by atoms with Crippen LogP contribution in [0.2, 0.25) is 0 Å². The number of fused-ring (bicyclic) bond motifs is 9. The molecule has 0 bridgehead atoms. The third-order valence-corrected chi connectivity index (χ3v) is 9.69. The maximum absolute atomic E-state index is 2.50. The van der Waals surface area contributed by atoms with E-state index in [0.29, 0.717) is 0 Å². The summed E-state index contributed by atoms with van der Waals surface area (Å²) in [6.45, 7) is 0. The fourth-order valence-electron chi connectivity index (χ4n) is 7.80. The quantitative estimate of drug-likeness (QED) is 0.199. The van der Waals surface area contributed by atoms with E-state index in [-0.39, 0.29) is 0 Å². The maximum atomic E-state index is 2.50. The summed E-state index contributed by atoms with van der Waals surface area (Å²) in [5.41, 5.74) is 12.5. The van der Waals surface area contributed by atoms with Gasteiger partial charge >= 0.3 is 0 Å². The molecule has 0 aliphatic heterocycles. The smallest absolute Gasteiger partial charge is 0.0542 e. The number of nitrogens with zero attached hydrogens (tertiary/aromatic N) is 3. The second-order valence-corrected chi connectivity index (χ2v) is 12.1. The third kappa shape index (κ3) is 3.46. The van der Waals surface area contributed by atoms with E-state index in [0.717, 1.165) is 12.8 Å². The van der Waals surface area contributed by atoms with Crippen molar-refractivity contribution in [2.75, 3.05) is 0 Å². The Kier molecular flexibility index (Phi) is 5.11. The molecule has 0 amide bonds. The van der Waals surface area contributed by atoms with E-state index in [1.807, 2.05) is 0 Å². The highest BCUT2D eigenvalue weighted by Gasteiger charge is 2.21. The van der Waals surface area contributed by atoms with E-state index in [1.54, 1.807) is 0 Å². The molecule has 0 atom stereocenters. The SMILES string of the molecule is C1=Cc2c(n(-c3ccc4c(c3)c3cc(-n5c6ccccc6c6ccccc65)ccc3n4-c3ccccc3)c3ccccc23)CC1. The average molecular weight is 576 g/mol. The molecule has 0 radical (unpaired) electrons. The molecular formula is C42H29N3. The highest BCUT2D eigenvalue weighted by Crippen LogP contribution is 2.39. The Morgan fingerprint density at radius 2 is 0.867 bits per heavy atom. The number of hydrogen-bond acceptors (Lipinski definition) is 0. The van der Waals surface area contributed by atoms with E-state index >= 15 is 0 Å². The van der Waals surface area contributed by atoms with Gasteiger partial charge in [0.25, 0.3) is 0 Å². The van der Waals surface area contributed by atoms with Gasteiger partial charge in [-0.25, -0.2) is 0 Å². The molecule has 3 aromatic heterocycles. The minimum atomic E-state index is 1.04. The first-order valence-electron chi connectivity index (χ1n) is 15.8. The van der Waals surface area contributed by atoms with Crippen LogP contribution in [0, 0.1) is 0 Å². The van der Waals surface area contributed by atoms with Gasteiger partial charge in [-0.1, -0.05) is 84.9 Å². The Balaban J connectivity index is 1.29. The molecule has 0 saturated heterocycles. The summed E-state index contributed by atoms with van der Waals surface area (Å²) in [6.07, 6.45) is 6.74. The summed E-state index contributed by atoms with van der Waals surface area (Å²) in [6, 6.07) is 51.1. The van der Waals surface area contributed by atoms with Gasteiger partial charge in [0.15, 0.2) is 0 Å². The van der Waals surface area contributed by atoms with Crippen LogP contribution < -0.4 is 0 Å². The fourth-order valence-corrected chi connectivity index (χ4v) is 7.80. The number of rotatable bonds is 3. The van der Waals surface area contributed by atoms with Crippen molar-refractivity contribution >= 4 is 60.6 Å². The van der Waals surface area contributed by atoms with Gasteiger partial charge in [-0.15, -0.1) is 0 Å². The number of benzene rings is 6. The van der Waals surface area contributed by atoms with Crippen molar-refractivity contribution < 1.29 is 0 Å². The van der Waals surface area contributed by atoms with Crippen LogP contribution in [-0.2, 0) is 6.42 Å². The van der Waals surface area contributed by atoms with E-state index in [4.69, 9.17) is 0 Å². The number of hydrogen-bond donors (Lipinski definition) is 0. The van der Waals surface area contributed by atoms with Crippen LogP contribution in [0.1, 0.15) is 17.7 Å². The molecule has 10 rings (SSSR count). The van der Waals surface area contributed by atoms with Gasteiger partial charge in [0.1, 0.15) is 0 Å². The minimum absolute atomic E-state index is 1.04. The predicted molar refractivity (Wildman–Crippen MR) is 189 cm³/mol. The summed E-state index contributed by atoms with van der Waals surface area (Å²) >= 11 is 0. The van der Waals surface area contributed by atoms with Crippen molar-refractivity contribution in [1.29, 1.82) is 0 Å². The van der Waals surface area contributed by atoms with Gasteiger partial charge < -0.3 is 13.7 Å². The molecular weight excluding hydrogens is 546 g/mol. The van der Waals surface area contributed by atoms with Gasteiger partial charge in [0.05, 0.1) is 27.6 Å². The zero-order valence-corrected chi connectivity index (χ0v) is 24.7. The maximum Gasteiger partial charge on any atom is 0.0542 e. The van der Waals surface area contributed by atoms with E-state index in [2.05, 4.69) is 165 Å². The predicted octanol–water partition coefficient (Wildman–Crippen LogP) is 10.8. The Hall–Kier alpha value is -5.80. The van der Waals surface area contributed by atoms with Crippen LogP contribution >= 0.6 is 0 Å². The Morgan fingerprint density at radius 3 is 1.51 bits per heavy atom. The lowest BCUT2D eigenvalue weighted by atomic mass is 10.0. The molecule has 9 aromatic rings. The molecule has 0 fully saturated rings. The molecule has 1 aliphatic rings. The Bertz CT molecular complexity index is 2590. The summed E-state index contributed by atoms with van der Waals surface area (Å²) in [5.74, 6) is 0. The van der Waals surface area contributed by atoms with Crippen molar-refractivity contribution in [3.8, 4) is 17.1 Å². The summed E-state index contributed by atoms with van der Waals surface area (Å²) in [5, 5.41) is 6.39. The lowest BCUT2D eigenvalue weighted by Crippen LogP contribution is -2.03. The van der Waals surface area contributed by atoms with Gasteiger partial charge in [-0.05, 0) is 79.6 Å². The van der Waals surface area contributed by atoms with E-state index in [9.17, 15) is 0 Å². The highest BCUT2D eigenvalue weighted by molar-refractivity contribution is 6.12. The Morgan fingerprint density at radius 1 is 0.378 bits per heavy atom. The molecule has 6 aromatic carbocycles. The van der Waals surface area contributed by atoms with Crippen molar-refractivity contribution in [3.63, 3.8) is 0 Å². The zero-order chi connectivity index (χ0) is 29.5. The number of aromatic nitrogens is 3. The van der Waals surface area contributed by atoms with Crippen molar-refractivity contribution in [3.05, 3.63) is 157 Å². The average Bonchev–Trinajstić information content (AvgIpc) is 3.74. The summed E-state index contributed by atoms with van der Waals surface area (Å²) < 4.78 is 7.33. The van der Waals surface area contributed by atoms with Crippen molar-refractivity contribution in [2.24, 2.45) is 0 Å². The standard InChI is InChI=1S/C42H29N3/c1-2-12-28(13-3-1)43-41-24-22-29(44-37-18-8-4-14-31(37)32-15-5-9-19-38(32)44)26-35(41)36-27-30(23-25-42(36)43)45-39-20-10-6-16-33(39)34-17-7-11-21-40(34)45/h1-10,12-20,22-27H,11,21H2. The molecule has 3 heteroatoms. The molecule has 0 saturated carbocycles. The lowest BCUT2D eigenvalue weighted by Gasteiger charge is -2.14. The first-order chi connectivity index (χ1) is 22.3. The van der Waals surface area contributed by atoms with Crippen LogP contribution in [0.5, 0.6) is 0 Å². The largest absolute Gasteiger partial charge is 0.313 e. The van der Waals surface area contributed by atoms with Gasteiger partial charge in [-0.2, -0.15) is 0 Å². The summed E-state index contributed by atoms with van der Waals surface area (Å²) in [4.78, 5) is 0. The number of para-hydroxylation sites is 4. The normalized spacial score (nSPS) is 13.1. The monoisotopic (exact) mass is 575 g/mol. The first kappa shape index (κ1) is 24.6. The second kappa shape index (κ2) is 9.35. The van der Waals surface area contributed by atoms with Gasteiger partial charge in [0.2, 0.25) is 0 Å². The fraction of sp³-hybridized carbons (Fsp3) is 0.0476. The van der Waals surface area contributed by atoms with Crippen LogP contribution in [0.15, 0.2) is 146 Å². The van der Waals surface area contributed by atoms with Crippen LogP contribution in [0.4, 0.5) is 0 Å². The molecule has 3 heterocycles. The molecule has 3 nitrogen and oxygen atoms in total. The topological polar surface area (TPSA) is 14.8 Å². The molecule has 0 N–H and O–H groups in total. The molecule has 212 valence electrons. The zero-order valence-electron chi connectivity index (χ0n) is 24.7. The first-order valence-corrected chi connectivity index (χ1v) is 15.8.